The number of para-hydroxylation sites is 1. The van der Waals surface area contributed by atoms with E-state index in [-0.39, 0.29) is 0 Å². The number of thiazole rings is 1. The smallest absolute Gasteiger partial charge is 0.186 e. The maximum Gasteiger partial charge on any atom is 0.186 e. The first-order chi connectivity index (χ1) is 9.31. The number of aromatic nitrogens is 1. The largest absolute Gasteiger partial charge is 0.342 e. The lowest BCUT2D eigenvalue weighted by atomic mass is 10.1. The first kappa shape index (κ1) is 12.9. The van der Waals surface area contributed by atoms with E-state index in [4.69, 9.17) is 4.98 Å². The molecular weight excluding hydrogens is 254 g/mol. The maximum atomic E-state index is 4.82. The molecule has 102 valence electrons. The van der Waals surface area contributed by atoms with Crippen molar-refractivity contribution < 1.29 is 0 Å². The zero-order valence-electron chi connectivity index (χ0n) is 11.6. The molecule has 2 heterocycles. The van der Waals surface area contributed by atoms with Crippen molar-refractivity contribution >= 4 is 26.7 Å². The van der Waals surface area contributed by atoms with Gasteiger partial charge in [0, 0.05) is 25.2 Å². The minimum Gasteiger partial charge on any atom is -0.342 e. The molecule has 1 N–H and O–H groups in total. The number of hydrogen-bond donors (Lipinski definition) is 1. The van der Waals surface area contributed by atoms with Crippen LogP contribution in [0.1, 0.15) is 26.7 Å². The second-order valence-electron chi connectivity index (χ2n) is 5.19. The summed E-state index contributed by atoms with van der Waals surface area (Å²) in [6.45, 7) is 6.67. The van der Waals surface area contributed by atoms with Crippen LogP contribution in [0.2, 0.25) is 0 Å². The van der Waals surface area contributed by atoms with Gasteiger partial charge in [-0.15, -0.1) is 0 Å². The number of piperazine rings is 1. The first-order valence-corrected chi connectivity index (χ1v) is 7.99. The summed E-state index contributed by atoms with van der Waals surface area (Å²) in [6.07, 6.45) is 2.34. The fourth-order valence-corrected chi connectivity index (χ4v) is 3.77. The molecule has 19 heavy (non-hydrogen) atoms. The number of nitrogens with one attached hydrogen (secondary N) is 1. The van der Waals surface area contributed by atoms with Crippen molar-refractivity contribution in [1.29, 1.82) is 0 Å². The van der Waals surface area contributed by atoms with Crippen LogP contribution in [0.4, 0.5) is 5.13 Å². The van der Waals surface area contributed by atoms with E-state index in [1.807, 2.05) is 11.3 Å². The van der Waals surface area contributed by atoms with Gasteiger partial charge in [0.2, 0.25) is 0 Å². The minimum absolute atomic E-state index is 0.573. The summed E-state index contributed by atoms with van der Waals surface area (Å²) in [5, 5.41) is 4.83. The van der Waals surface area contributed by atoms with Crippen LogP contribution in [0.3, 0.4) is 0 Å². The van der Waals surface area contributed by atoms with Crippen molar-refractivity contribution in [1.82, 2.24) is 10.3 Å². The van der Waals surface area contributed by atoms with Crippen LogP contribution >= 0.6 is 11.3 Å². The molecule has 3 rings (SSSR count). The zero-order chi connectivity index (χ0) is 13.2. The van der Waals surface area contributed by atoms with Crippen LogP contribution in [0.5, 0.6) is 0 Å². The third kappa shape index (κ3) is 2.47. The second-order valence-corrected chi connectivity index (χ2v) is 6.20. The second kappa shape index (κ2) is 5.47. The lowest BCUT2D eigenvalue weighted by Gasteiger charge is -2.39. The highest BCUT2D eigenvalue weighted by Crippen LogP contribution is 2.31. The predicted molar refractivity (Wildman–Crippen MR) is 83.1 cm³/mol. The molecule has 0 radical (unpaired) electrons. The molecular formula is C15H21N3S. The maximum absolute atomic E-state index is 4.82. The van der Waals surface area contributed by atoms with Crippen molar-refractivity contribution in [3.63, 3.8) is 0 Å². The Morgan fingerprint density at radius 3 is 2.89 bits per heavy atom. The molecule has 0 amide bonds. The average molecular weight is 275 g/mol. The molecule has 2 unspecified atom stereocenters. The van der Waals surface area contributed by atoms with E-state index < -0.39 is 0 Å². The van der Waals surface area contributed by atoms with E-state index in [0.29, 0.717) is 12.1 Å². The fraction of sp³-hybridized carbons (Fsp3) is 0.533. The molecule has 1 aromatic heterocycles. The van der Waals surface area contributed by atoms with E-state index in [2.05, 4.69) is 48.3 Å². The topological polar surface area (TPSA) is 28.2 Å². The summed E-state index contributed by atoms with van der Waals surface area (Å²) in [5.74, 6) is 0. The fourth-order valence-electron chi connectivity index (χ4n) is 2.72. The number of benzene rings is 1. The molecule has 3 nitrogen and oxygen atoms in total. The van der Waals surface area contributed by atoms with E-state index in [9.17, 15) is 0 Å². The Hall–Kier alpha value is -1.13. The van der Waals surface area contributed by atoms with Gasteiger partial charge in [-0.2, -0.15) is 0 Å². The molecule has 1 aromatic carbocycles. The molecule has 1 aliphatic rings. The molecule has 1 aliphatic heterocycles. The van der Waals surface area contributed by atoms with Crippen molar-refractivity contribution in [2.45, 2.75) is 38.8 Å². The lowest BCUT2D eigenvalue weighted by Crippen LogP contribution is -2.56. The quantitative estimate of drug-likeness (QED) is 0.932. The van der Waals surface area contributed by atoms with E-state index in [1.54, 1.807) is 0 Å². The summed E-state index contributed by atoms with van der Waals surface area (Å²) < 4.78 is 1.29. The van der Waals surface area contributed by atoms with Crippen LogP contribution in [0, 0.1) is 0 Å². The Labute approximate surface area is 118 Å². The number of anilines is 1. The van der Waals surface area contributed by atoms with Gasteiger partial charge in [-0.3, -0.25) is 0 Å². The van der Waals surface area contributed by atoms with Crippen LogP contribution in [0.15, 0.2) is 24.3 Å². The number of hydrogen-bond acceptors (Lipinski definition) is 4. The summed E-state index contributed by atoms with van der Waals surface area (Å²) in [4.78, 5) is 7.33. The molecule has 0 saturated carbocycles. The minimum atomic E-state index is 0.573. The van der Waals surface area contributed by atoms with Crippen LogP contribution in [0.25, 0.3) is 10.2 Å². The molecule has 1 saturated heterocycles. The molecule has 0 spiro atoms. The molecule has 2 atom stereocenters. The van der Waals surface area contributed by atoms with Crippen molar-refractivity contribution in [2.24, 2.45) is 0 Å². The van der Waals surface area contributed by atoms with E-state index in [1.165, 1.54) is 22.7 Å². The Kier molecular flexibility index (Phi) is 3.71. The SMILES string of the molecule is CCC1CN(c2nc3ccccc3s2)C(CC)CN1. The Morgan fingerprint density at radius 1 is 1.32 bits per heavy atom. The number of rotatable bonds is 3. The number of fused-ring (bicyclic) bond motifs is 1. The average Bonchev–Trinajstić information content (AvgIpc) is 2.90. The van der Waals surface area contributed by atoms with Crippen LogP contribution in [-0.2, 0) is 0 Å². The summed E-state index contributed by atoms with van der Waals surface area (Å²) in [6, 6.07) is 9.59. The Balaban J connectivity index is 1.92. The first-order valence-electron chi connectivity index (χ1n) is 7.17. The third-order valence-electron chi connectivity index (χ3n) is 3.99. The Morgan fingerprint density at radius 2 is 2.16 bits per heavy atom. The van der Waals surface area contributed by atoms with Crippen molar-refractivity contribution in [3.05, 3.63) is 24.3 Å². The highest BCUT2D eigenvalue weighted by atomic mass is 32.1. The van der Waals surface area contributed by atoms with Gasteiger partial charge in [-0.1, -0.05) is 37.3 Å². The van der Waals surface area contributed by atoms with Crippen molar-refractivity contribution in [2.75, 3.05) is 18.0 Å². The monoisotopic (exact) mass is 275 g/mol. The summed E-state index contributed by atoms with van der Waals surface area (Å²) in [5.41, 5.74) is 1.13. The number of nitrogens with zero attached hydrogens (tertiary/aromatic N) is 2. The molecule has 4 heteroatoms. The molecule has 2 aromatic rings. The summed E-state index contributed by atoms with van der Waals surface area (Å²) in [7, 11) is 0. The summed E-state index contributed by atoms with van der Waals surface area (Å²) >= 11 is 1.82. The van der Waals surface area contributed by atoms with E-state index in [0.717, 1.165) is 18.6 Å². The normalized spacial score (nSPS) is 24.0. The van der Waals surface area contributed by atoms with Gasteiger partial charge in [0.25, 0.3) is 0 Å². The lowest BCUT2D eigenvalue weighted by molar-refractivity contribution is 0.378. The van der Waals surface area contributed by atoms with Gasteiger partial charge in [0.1, 0.15) is 0 Å². The Bertz CT molecular complexity index is 518. The van der Waals surface area contributed by atoms with Crippen LogP contribution in [-0.4, -0.2) is 30.2 Å². The van der Waals surface area contributed by atoms with Gasteiger partial charge in [-0.05, 0) is 25.0 Å². The molecule has 0 aliphatic carbocycles. The third-order valence-corrected chi connectivity index (χ3v) is 5.07. The predicted octanol–water partition coefficient (Wildman–Crippen LogP) is 3.26. The highest BCUT2D eigenvalue weighted by molar-refractivity contribution is 7.22. The zero-order valence-corrected chi connectivity index (χ0v) is 12.4. The van der Waals surface area contributed by atoms with Gasteiger partial charge in [-0.25, -0.2) is 4.98 Å². The van der Waals surface area contributed by atoms with E-state index >= 15 is 0 Å². The van der Waals surface area contributed by atoms with Crippen LogP contribution < -0.4 is 10.2 Å². The van der Waals surface area contributed by atoms with Gasteiger partial charge in [0.05, 0.1) is 10.2 Å². The van der Waals surface area contributed by atoms with Gasteiger partial charge in [0.15, 0.2) is 5.13 Å². The van der Waals surface area contributed by atoms with Crippen molar-refractivity contribution in [3.8, 4) is 0 Å². The van der Waals surface area contributed by atoms with Gasteiger partial charge >= 0.3 is 0 Å². The highest BCUT2D eigenvalue weighted by Gasteiger charge is 2.27. The standard InChI is InChI=1S/C15H21N3S/c1-3-11-10-18(12(4-2)9-16-11)15-17-13-7-5-6-8-14(13)19-15/h5-8,11-12,16H,3-4,9-10H2,1-2H3. The molecule has 1 fully saturated rings. The molecule has 0 bridgehead atoms. The van der Waals surface area contributed by atoms with Gasteiger partial charge < -0.3 is 10.2 Å².